The van der Waals surface area contributed by atoms with Gasteiger partial charge in [-0.05, 0) is 36.5 Å². The van der Waals surface area contributed by atoms with Gasteiger partial charge in [0.2, 0.25) is 10.0 Å². The Bertz CT molecular complexity index is 688. The molecule has 0 aromatic heterocycles. The van der Waals surface area contributed by atoms with E-state index >= 15 is 0 Å². The quantitative estimate of drug-likeness (QED) is 0.902. The van der Waals surface area contributed by atoms with Crippen molar-refractivity contribution in [3.63, 3.8) is 0 Å². The summed E-state index contributed by atoms with van der Waals surface area (Å²) in [4.78, 5) is 14.0. The van der Waals surface area contributed by atoms with Crippen molar-refractivity contribution in [2.45, 2.75) is 43.5 Å². The lowest BCUT2D eigenvalue weighted by Crippen LogP contribution is -2.53. The molecule has 2 fully saturated rings. The lowest BCUT2D eigenvalue weighted by molar-refractivity contribution is 0.172. The Labute approximate surface area is 143 Å². The maximum absolute atomic E-state index is 12.7. The predicted molar refractivity (Wildman–Crippen MR) is 92.4 cm³/mol. The number of rotatable bonds is 4. The zero-order valence-corrected chi connectivity index (χ0v) is 15.1. The first-order valence-corrected chi connectivity index (χ1v) is 9.97. The minimum atomic E-state index is -3.49. The molecule has 1 aliphatic carbocycles. The van der Waals surface area contributed by atoms with Crippen molar-refractivity contribution in [1.29, 1.82) is 0 Å². The molecular weight excluding hydrogens is 326 g/mol. The highest BCUT2D eigenvalue weighted by atomic mass is 32.2. The molecule has 7 heteroatoms. The SMILES string of the molecule is CC(C)c1ccc(S(=O)(=O)N2CCN(C(=O)NC3CC3)CC2)cc1. The summed E-state index contributed by atoms with van der Waals surface area (Å²) in [5, 5.41) is 2.94. The zero-order chi connectivity index (χ0) is 17.3. The number of sulfonamides is 1. The summed E-state index contributed by atoms with van der Waals surface area (Å²) in [6.45, 7) is 5.70. The van der Waals surface area contributed by atoms with Crippen LogP contribution in [0.4, 0.5) is 4.79 Å². The van der Waals surface area contributed by atoms with Gasteiger partial charge in [0, 0.05) is 32.2 Å². The molecule has 0 radical (unpaired) electrons. The molecule has 0 atom stereocenters. The van der Waals surface area contributed by atoms with Gasteiger partial charge in [-0.1, -0.05) is 26.0 Å². The molecule has 0 unspecified atom stereocenters. The van der Waals surface area contributed by atoms with Crippen LogP contribution in [-0.2, 0) is 10.0 Å². The van der Waals surface area contributed by atoms with Crippen LogP contribution in [0.2, 0.25) is 0 Å². The molecule has 0 spiro atoms. The average molecular weight is 351 g/mol. The summed E-state index contributed by atoms with van der Waals surface area (Å²) in [5.74, 6) is 0.371. The van der Waals surface area contributed by atoms with Crippen molar-refractivity contribution in [2.75, 3.05) is 26.2 Å². The fourth-order valence-corrected chi connectivity index (χ4v) is 4.22. The third-order valence-electron chi connectivity index (χ3n) is 4.62. The average Bonchev–Trinajstić information content (AvgIpc) is 3.39. The van der Waals surface area contributed by atoms with Gasteiger partial charge >= 0.3 is 6.03 Å². The number of carbonyl (C=O) groups is 1. The van der Waals surface area contributed by atoms with Crippen LogP contribution in [0, 0.1) is 0 Å². The van der Waals surface area contributed by atoms with E-state index in [1.165, 1.54) is 4.31 Å². The fourth-order valence-electron chi connectivity index (χ4n) is 2.80. The second-order valence-corrected chi connectivity index (χ2v) is 8.78. The van der Waals surface area contributed by atoms with Crippen LogP contribution in [0.1, 0.15) is 38.2 Å². The smallest absolute Gasteiger partial charge is 0.317 e. The molecule has 1 aromatic rings. The highest BCUT2D eigenvalue weighted by molar-refractivity contribution is 7.89. The third kappa shape index (κ3) is 3.72. The summed E-state index contributed by atoms with van der Waals surface area (Å²) >= 11 is 0. The van der Waals surface area contributed by atoms with Crippen molar-refractivity contribution in [3.05, 3.63) is 29.8 Å². The molecule has 1 saturated heterocycles. The van der Waals surface area contributed by atoms with Gasteiger partial charge in [-0.2, -0.15) is 4.31 Å². The number of piperazine rings is 1. The lowest BCUT2D eigenvalue weighted by atomic mass is 10.0. The van der Waals surface area contributed by atoms with Crippen LogP contribution < -0.4 is 5.32 Å². The summed E-state index contributed by atoms with van der Waals surface area (Å²) in [7, 11) is -3.49. The van der Waals surface area contributed by atoms with Gasteiger partial charge in [-0.3, -0.25) is 0 Å². The maximum atomic E-state index is 12.7. The first-order chi connectivity index (χ1) is 11.4. The van der Waals surface area contributed by atoms with Crippen molar-refractivity contribution < 1.29 is 13.2 Å². The normalized spacial score (nSPS) is 19.5. The minimum absolute atomic E-state index is 0.0733. The van der Waals surface area contributed by atoms with Crippen molar-refractivity contribution in [2.24, 2.45) is 0 Å². The second kappa shape index (κ2) is 6.72. The monoisotopic (exact) mass is 351 g/mol. The molecule has 1 saturated carbocycles. The second-order valence-electron chi connectivity index (χ2n) is 6.84. The number of hydrogen-bond donors (Lipinski definition) is 1. The summed E-state index contributed by atoms with van der Waals surface area (Å²) in [6.07, 6.45) is 2.10. The molecular formula is C17H25N3O3S. The van der Waals surface area contributed by atoms with Gasteiger partial charge < -0.3 is 10.2 Å². The fraction of sp³-hybridized carbons (Fsp3) is 0.588. The Morgan fingerprint density at radius 3 is 2.17 bits per heavy atom. The Morgan fingerprint density at radius 1 is 1.08 bits per heavy atom. The standard InChI is InChI=1S/C17H25N3O3S/c1-13(2)14-3-7-16(8-4-14)24(22,23)20-11-9-19(10-12-20)17(21)18-15-5-6-15/h3-4,7-8,13,15H,5-6,9-12H2,1-2H3,(H,18,21). The van der Waals surface area contributed by atoms with E-state index in [2.05, 4.69) is 19.2 Å². The number of nitrogens with one attached hydrogen (secondary N) is 1. The van der Waals surface area contributed by atoms with E-state index in [9.17, 15) is 13.2 Å². The van der Waals surface area contributed by atoms with Gasteiger partial charge in [0.25, 0.3) is 0 Å². The Morgan fingerprint density at radius 2 is 1.67 bits per heavy atom. The van der Waals surface area contributed by atoms with Gasteiger partial charge in [0.1, 0.15) is 0 Å². The van der Waals surface area contributed by atoms with Gasteiger partial charge in [0.15, 0.2) is 0 Å². The molecule has 6 nitrogen and oxygen atoms in total. The molecule has 2 amide bonds. The molecule has 24 heavy (non-hydrogen) atoms. The molecule has 0 bridgehead atoms. The molecule has 1 aromatic carbocycles. The van der Waals surface area contributed by atoms with Crippen molar-refractivity contribution in [1.82, 2.24) is 14.5 Å². The molecule has 2 aliphatic rings. The molecule has 132 valence electrons. The zero-order valence-electron chi connectivity index (χ0n) is 14.2. The summed E-state index contributed by atoms with van der Waals surface area (Å²) < 4.78 is 26.9. The number of benzene rings is 1. The molecule has 1 aliphatic heterocycles. The van der Waals surface area contributed by atoms with E-state index in [0.29, 0.717) is 43.0 Å². The van der Waals surface area contributed by atoms with E-state index in [4.69, 9.17) is 0 Å². The number of nitrogens with zero attached hydrogens (tertiary/aromatic N) is 2. The van der Waals surface area contributed by atoms with E-state index in [-0.39, 0.29) is 6.03 Å². The molecule has 1 N–H and O–H groups in total. The topological polar surface area (TPSA) is 69.7 Å². The summed E-state index contributed by atoms with van der Waals surface area (Å²) in [5.41, 5.74) is 1.12. The largest absolute Gasteiger partial charge is 0.335 e. The first kappa shape index (κ1) is 17.2. The van der Waals surface area contributed by atoms with Gasteiger partial charge in [0.05, 0.1) is 4.90 Å². The predicted octanol–water partition coefficient (Wildman–Crippen LogP) is 1.99. The molecule has 1 heterocycles. The minimum Gasteiger partial charge on any atom is -0.335 e. The van der Waals surface area contributed by atoms with Crippen LogP contribution >= 0.6 is 0 Å². The Balaban J connectivity index is 1.62. The molecule has 3 rings (SSSR count). The highest BCUT2D eigenvalue weighted by Crippen LogP contribution is 2.22. The van der Waals surface area contributed by atoms with Gasteiger partial charge in [-0.15, -0.1) is 0 Å². The van der Waals surface area contributed by atoms with Crippen LogP contribution in [0.15, 0.2) is 29.2 Å². The Kier molecular flexibility index (Phi) is 4.83. The van der Waals surface area contributed by atoms with Crippen LogP contribution in [0.25, 0.3) is 0 Å². The van der Waals surface area contributed by atoms with E-state index in [1.54, 1.807) is 17.0 Å². The lowest BCUT2D eigenvalue weighted by Gasteiger charge is -2.34. The Hall–Kier alpha value is -1.60. The first-order valence-electron chi connectivity index (χ1n) is 8.53. The van der Waals surface area contributed by atoms with Gasteiger partial charge in [-0.25, -0.2) is 13.2 Å². The van der Waals surface area contributed by atoms with Crippen molar-refractivity contribution >= 4 is 16.1 Å². The number of amides is 2. The highest BCUT2D eigenvalue weighted by Gasteiger charge is 2.32. The maximum Gasteiger partial charge on any atom is 0.317 e. The van der Waals surface area contributed by atoms with Crippen LogP contribution in [0.5, 0.6) is 0 Å². The van der Waals surface area contributed by atoms with Crippen molar-refractivity contribution in [3.8, 4) is 0 Å². The number of urea groups is 1. The number of carbonyl (C=O) groups excluding carboxylic acids is 1. The number of hydrogen-bond acceptors (Lipinski definition) is 3. The van der Waals surface area contributed by atoms with E-state index in [1.807, 2.05) is 12.1 Å². The third-order valence-corrected chi connectivity index (χ3v) is 6.53. The summed E-state index contributed by atoms with van der Waals surface area (Å²) in [6, 6.07) is 7.34. The van der Waals surface area contributed by atoms with E-state index < -0.39 is 10.0 Å². The van der Waals surface area contributed by atoms with Crippen LogP contribution in [0.3, 0.4) is 0 Å². The van der Waals surface area contributed by atoms with Crippen LogP contribution in [-0.4, -0.2) is 55.9 Å². The van der Waals surface area contributed by atoms with E-state index in [0.717, 1.165) is 18.4 Å².